The van der Waals surface area contributed by atoms with Crippen LogP contribution in [0.4, 0.5) is 8.78 Å². The molecule has 94 valence electrons. The Kier molecular flexibility index (Phi) is 3.17. The zero-order chi connectivity index (χ0) is 12.7. The summed E-state index contributed by atoms with van der Waals surface area (Å²) in [6, 6.07) is 4.87. The van der Waals surface area contributed by atoms with Crippen LogP contribution >= 0.6 is 11.6 Å². The van der Waals surface area contributed by atoms with E-state index in [1.807, 2.05) is 0 Å². The van der Waals surface area contributed by atoms with Crippen molar-refractivity contribution in [3.8, 4) is 0 Å². The Morgan fingerprint density at radius 3 is 2.41 bits per heavy atom. The molecule has 0 atom stereocenters. The summed E-state index contributed by atoms with van der Waals surface area (Å²) in [6.07, 6.45) is 3.46. The van der Waals surface area contributed by atoms with E-state index in [-0.39, 0.29) is 10.6 Å². The number of alkyl halides is 2. The van der Waals surface area contributed by atoms with Crippen molar-refractivity contribution in [3.63, 3.8) is 0 Å². The van der Waals surface area contributed by atoms with Crippen molar-refractivity contribution in [2.45, 2.75) is 44.1 Å². The zero-order valence-electron chi connectivity index (χ0n) is 9.77. The molecule has 1 fully saturated rings. The zero-order valence-corrected chi connectivity index (χ0v) is 10.5. The average molecular weight is 260 g/mol. The maximum absolute atomic E-state index is 13.7. The molecule has 1 aromatic rings. The molecule has 0 radical (unpaired) electrons. The highest BCUT2D eigenvalue weighted by molar-refractivity contribution is 6.31. The highest BCUT2D eigenvalue weighted by Crippen LogP contribution is 2.44. The van der Waals surface area contributed by atoms with Crippen LogP contribution in [0.1, 0.15) is 43.7 Å². The van der Waals surface area contributed by atoms with E-state index in [2.05, 4.69) is 0 Å². The fraction of sp³-hybridized carbons (Fsp3) is 0.538. The fourth-order valence-electron chi connectivity index (χ4n) is 2.66. The monoisotopic (exact) mass is 259 g/mol. The molecule has 2 rings (SSSR count). The Labute approximate surface area is 105 Å². The van der Waals surface area contributed by atoms with E-state index in [1.165, 1.54) is 6.07 Å². The van der Waals surface area contributed by atoms with E-state index in [0.29, 0.717) is 5.56 Å². The maximum atomic E-state index is 13.7. The lowest BCUT2D eigenvalue weighted by Crippen LogP contribution is -2.35. The van der Waals surface area contributed by atoms with Gasteiger partial charge in [-0.25, -0.2) is 8.78 Å². The highest BCUT2D eigenvalue weighted by Gasteiger charge is 2.39. The third kappa shape index (κ3) is 2.31. The lowest BCUT2D eigenvalue weighted by molar-refractivity contribution is 0.0154. The van der Waals surface area contributed by atoms with Crippen LogP contribution in [0.3, 0.4) is 0 Å². The summed E-state index contributed by atoms with van der Waals surface area (Å²) in [7, 11) is 0. The van der Waals surface area contributed by atoms with E-state index < -0.39 is 11.5 Å². The molecule has 0 aliphatic heterocycles. The van der Waals surface area contributed by atoms with Crippen LogP contribution in [0.2, 0.25) is 5.02 Å². The third-order valence-corrected chi connectivity index (χ3v) is 3.80. The molecule has 0 spiro atoms. The number of nitrogens with two attached hydrogens (primary N) is 1. The van der Waals surface area contributed by atoms with Gasteiger partial charge in [-0.15, -0.1) is 0 Å². The van der Waals surface area contributed by atoms with E-state index in [9.17, 15) is 8.78 Å². The van der Waals surface area contributed by atoms with Crippen molar-refractivity contribution in [1.29, 1.82) is 0 Å². The molecule has 1 nitrogen and oxygen atoms in total. The molecular formula is C13H16ClF2N. The van der Waals surface area contributed by atoms with E-state index >= 15 is 0 Å². The van der Waals surface area contributed by atoms with Crippen molar-refractivity contribution in [2.75, 3.05) is 0 Å². The molecule has 0 bridgehead atoms. The first-order chi connectivity index (χ1) is 7.84. The number of halogens is 3. The first-order valence-electron chi connectivity index (χ1n) is 5.81. The van der Waals surface area contributed by atoms with Gasteiger partial charge in [-0.3, -0.25) is 0 Å². The summed E-state index contributed by atoms with van der Waals surface area (Å²) in [6.45, 7) is 0.871. The van der Waals surface area contributed by atoms with Crippen molar-refractivity contribution >= 4 is 11.6 Å². The minimum atomic E-state index is -2.96. The van der Waals surface area contributed by atoms with Gasteiger partial charge in [0.1, 0.15) is 0 Å². The molecule has 0 amide bonds. The first kappa shape index (κ1) is 12.8. The van der Waals surface area contributed by atoms with Crippen LogP contribution < -0.4 is 5.73 Å². The van der Waals surface area contributed by atoms with Gasteiger partial charge in [-0.1, -0.05) is 36.6 Å². The standard InChI is InChI=1S/C13H16ClF2N/c1-12(15,16)11-9(5-4-6-10(11)14)13(17)7-2-3-8-13/h4-6H,2-3,7-8,17H2,1H3. The molecule has 17 heavy (non-hydrogen) atoms. The summed E-state index contributed by atoms with van der Waals surface area (Å²) in [5.41, 5.74) is 6.02. The molecule has 2 N–H and O–H groups in total. The fourth-order valence-corrected chi connectivity index (χ4v) is 3.00. The Hall–Kier alpha value is -0.670. The second-order valence-electron chi connectivity index (χ2n) is 4.91. The van der Waals surface area contributed by atoms with Gasteiger partial charge < -0.3 is 5.73 Å². The molecule has 1 aliphatic rings. The number of hydrogen-bond acceptors (Lipinski definition) is 1. The predicted octanol–water partition coefficient (Wildman–Crippen LogP) is 4.18. The quantitative estimate of drug-likeness (QED) is 0.847. The molecule has 0 unspecified atom stereocenters. The largest absolute Gasteiger partial charge is 0.321 e. The minimum absolute atomic E-state index is 0.103. The highest BCUT2D eigenvalue weighted by atomic mass is 35.5. The Morgan fingerprint density at radius 1 is 1.29 bits per heavy atom. The molecule has 0 saturated heterocycles. The van der Waals surface area contributed by atoms with Crippen LogP contribution in [0.5, 0.6) is 0 Å². The van der Waals surface area contributed by atoms with Gasteiger partial charge in [0, 0.05) is 18.0 Å². The summed E-state index contributed by atoms with van der Waals surface area (Å²) >= 11 is 5.92. The predicted molar refractivity (Wildman–Crippen MR) is 65.4 cm³/mol. The van der Waals surface area contributed by atoms with Gasteiger partial charge in [0.2, 0.25) is 0 Å². The van der Waals surface area contributed by atoms with Gasteiger partial charge in [0.05, 0.1) is 5.02 Å². The number of rotatable bonds is 2. The first-order valence-corrected chi connectivity index (χ1v) is 6.18. The minimum Gasteiger partial charge on any atom is -0.321 e. The van der Waals surface area contributed by atoms with Gasteiger partial charge in [-0.2, -0.15) is 0 Å². The van der Waals surface area contributed by atoms with Crippen LogP contribution in [-0.4, -0.2) is 0 Å². The average Bonchev–Trinajstić information content (AvgIpc) is 2.64. The summed E-state index contributed by atoms with van der Waals surface area (Å²) < 4.78 is 27.3. The molecule has 1 aliphatic carbocycles. The van der Waals surface area contributed by atoms with Crippen molar-refractivity contribution < 1.29 is 8.78 Å². The topological polar surface area (TPSA) is 26.0 Å². The van der Waals surface area contributed by atoms with Gasteiger partial charge in [0.15, 0.2) is 0 Å². The van der Waals surface area contributed by atoms with E-state index in [4.69, 9.17) is 17.3 Å². The van der Waals surface area contributed by atoms with Crippen LogP contribution in [0, 0.1) is 0 Å². The Balaban J connectivity index is 2.58. The van der Waals surface area contributed by atoms with Crippen molar-refractivity contribution in [1.82, 2.24) is 0 Å². The van der Waals surface area contributed by atoms with E-state index in [0.717, 1.165) is 32.6 Å². The lowest BCUT2D eigenvalue weighted by atomic mass is 9.84. The smallest absolute Gasteiger partial charge is 0.272 e. The van der Waals surface area contributed by atoms with Gasteiger partial charge in [-0.05, 0) is 24.5 Å². The normalized spacial score (nSPS) is 19.6. The molecule has 1 aromatic carbocycles. The van der Waals surface area contributed by atoms with E-state index in [1.54, 1.807) is 12.1 Å². The molecule has 0 aromatic heterocycles. The third-order valence-electron chi connectivity index (χ3n) is 3.48. The molecule has 0 heterocycles. The van der Waals surface area contributed by atoms with Crippen LogP contribution in [-0.2, 0) is 11.5 Å². The number of benzene rings is 1. The Bertz CT molecular complexity index is 420. The second kappa shape index (κ2) is 4.21. The van der Waals surface area contributed by atoms with Crippen LogP contribution in [0.25, 0.3) is 0 Å². The Morgan fingerprint density at radius 2 is 1.88 bits per heavy atom. The van der Waals surface area contributed by atoms with Crippen molar-refractivity contribution in [2.24, 2.45) is 5.73 Å². The molecule has 4 heteroatoms. The molecular weight excluding hydrogens is 244 g/mol. The SMILES string of the molecule is CC(F)(F)c1c(Cl)cccc1C1(N)CCCC1. The van der Waals surface area contributed by atoms with Crippen LogP contribution in [0.15, 0.2) is 18.2 Å². The second-order valence-corrected chi connectivity index (χ2v) is 5.32. The summed E-state index contributed by atoms with van der Waals surface area (Å²) in [5, 5.41) is 0.103. The maximum Gasteiger partial charge on any atom is 0.272 e. The number of hydrogen-bond donors (Lipinski definition) is 1. The van der Waals surface area contributed by atoms with Gasteiger partial charge in [0.25, 0.3) is 5.92 Å². The van der Waals surface area contributed by atoms with Crippen molar-refractivity contribution in [3.05, 3.63) is 34.3 Å². The summed E-state index contributed by atoms with van der Waals surface area (Å²) in [4.78, 5) is 0. The molecule has 1 saturated carbocycles. The van der Waals surface area contributed by atoms with Gasteiger partial charge >= 0.3 is 0 Å². The summed E-state index contributed by atoms with van der Waals surface area (Å²) in [5.74, 6) is -2.96. The lowest BCUT2D eigenvalue weighted by Gasteiger charge is -2.29.